The van der Waals surface area contributed by atoms with Crippen molar-refractivity contribution in [1.82, 2.24) is 5.32 Å². The first-order valence-electron chi connectivity index (χ1n) is 5.34. The lowest BCUT2D eigenvalue weighted by atomic mass is 10.1. The van der Waals surface area contributed by atoms with E-state index in [9.17, 15) is 13.2 Å². The molecule has 1 aromatic rings. The molecule has 0 aliphatic carbocycles. The number of thiophene rings is 1. The van der Waals surface area contributed by atoms with Gasteiger partial charge in [-0.1, -0.05) is 13.0 Å². The van der Waals surface area contributed by atoms with E-state index in [2.05, 4.69) is 5.32 Å². The third kappa shape index (κ3) is 5.51. The summed E-state index contributed by atoms with van der Waals surface area (Å²) in [4.78, 5) is 1.13. The summed E-state index contributed by atoms with van der Waals surface area (Å²) in [7, 11) is 0. The highest BCUT2D eigenvalue weighted by molar-refractivity contribution is 7.09. The Balaban J connectivity index is 2.41. The van der Waals surface area contributed by atoms with E-state index < -0.39 is 12.6 Å². The van der Waals surface area contributed by atoms with Gasteiger partial charge in [0.15, 0.2) is 0 Å². The van der Waals surface area contributed by atoms with Crippen LogP contribution >= 0.6 is 11.3 Å². The van der Waals surface area contributed by atoms with Crippen LogP contribution in [0.1, 0.15) is 24.6 Å². The zero-order chi connectivity index (χ0) is 12.0. The third-order valence-electron chi connectivity index (χ3n) is 2.30. The smallest absolute Gasteiger partial charge is 0.314 e. The standard InChI is InChI=1S/C11H16F3NS/c1-2-15-9(5-6-11(12,13)14)8-10-4-3-7-16-10/h3-4,7,9,15H,2,5-6,8H2,1H3. The van der Waals surface area contributed by atoms with Crippen molar-refractivity contribution in [3.05, 3.63) is 22.4 Å². The van der Waals surface area contributed by atoms with Gasteiger partial charge in [0.2, 0.25) is 0 Å². The largest absolute Gasteiger partial charge is 0.389 e. The van der Waals surface area contributed by atoms with Crippen molar-refractivity contribution >= 4 is 11.3 Å². The maximum absolute atomic E-state index is 12.1. The molecule has 0 aliphatic rings. The molecule has 0 aromatic carbocycles. The van der Waals surface area contributed by atoms with E-state index in [1.54, 1.807) is 11.3 Å². The Hall–Kier alpha value is -0.550. The van der Waals surface area contributed by atoms with E-state index in [1.165, 1.54) is 0 Å². The predicted octanol–water partition coefficient (Wildman–Crippen LogP) is 3.61. The van der Waals surface area contributed by atoms with Crippen molar-refractivity contribution in [2.75, 3.05) is 6.54 Å². The monoisotopic (exact) mass is 251 g/mol. The number of halogens is 3. The first-order valence-corrected chi connectivity index (χ1v) is 6.21. The Labute approximate surface area is 97.7 Å². The van der Waals surface area contributed by atoms with Gasteiger partial charge in [-0.3, -0.25) is 0 Å². The Morgan fingerprint density at radius 3 is 2.69 bits per heavy atom. The van der Waals surface area contributed by atoms with Crippen LogP contribution in [0.15, 0.2) is 17.5 Å². The van der Waals surface area contributed by atoms with E-state index in [0.717, 1.165) is 4.88 Å². The maximum atomic E-state index is 12.1. The minimum absolute atomic E-state index is 0.0784. The molecule has 1 aromatic heterocycles. The summed E-state index contributed by atoms with van der Waals surface area (Å²) in [5.74, 6) is 0. The highest BCUT2D eigenvalue weighted by atomic mass is 32.1. The molecule has 1 heterocycles. The molecule has 1 atom stereocenters. The van der Waals surface area contributed by atoms with Crippen LogP contribution in [-0.2, 0) is 6.42 Å². The summed E-state index contributed by atoms with van der Waals surface area (Å²) in [6.45, 7) is 2.61. The molecule has 0 saturated heterocycles. The van der Waals surface area contributed by atoms with Crippen molar-refractivity contribution in [3.63, 3.8) is 0 Å². The van der Waals surface area contributed by atoms with E-state index in [0.29, 0.717) is 13.0 Å². The molecular formula is C11H16F3NS. The average molecular weight is 251 g/mol. The number of alkyl halides is 3. The van der Waals surface area contributed by atoms with E-state index >= 15 is 0 Å². The molecule has 0 radical (unpaired) electrons. The first-order chi connectivity index (χ1) is 7.51. The number of hydrogen-bond acceptors (Lipinski definition) is 2. The van der Waals surface area contributed by atoms with Crippen LogP contribution in [0.4, 0.5) is 13.2 Å². The SMILES string of the molecule is CCNC(CCC(F)(F)F)Cc1cccs1. The quantitative estimate of drug-likeness (QED) is 0.814. The van der Waals surface area contributed by atoms with Crippen LogP contribution in [0.25, 0.3) is 0 Å². The fourth-order valence-electron chi connectivity index (χ4n) is 1.57. The van der Waals surface area contributed by atoms with Crippen LogP contribution in [0.5, 0.6) is 0 Å². The summed E-state index contributed by atoms with van der Waals surface area (Å²) in [6, 6.07) is 3.81. The molecule has 0 aliphatic heterocycles. The van der Waals surface area contributed by atoms with Gasteiger partial charge >= 0.3 is 6.18 Å². The van der Waals surface area contributed by atoms with Gasteiger partial charge in [-0.05, 0) is 30.8 Å². The van der Waals surface area contributed by atoms with Crippen molar-refractivity contribution in [2.45, 2.75) is 38.4 Å². The zero-order valence-corrected chi connectivity index (χ0v) is 10.00. The number of likely N-dealkylation sites (N-methyl/N-ethyl adjacent to an activating group) is 1. The first kappa shape index (κ1) is 13.5. The molecule has 1 N–H and O–H groups in total. The van der Waals surface area contributed by atoms with Gasteiger partial charge in [0.25, 0.3) is 0 Å². The van der Waals surface area contributed by atoms with Gasteiger partial charge in [0.1, 0.15) is 0 Å². The minimum atomic E-state index is -4.05. The summed E-state index contributed by atoms with van der Waals surface area (Å²) in [5, 5.41) is 5.05. The van der Waals surface area contributed by atoms with Gasteiger partial charge in [-0.25, -0.2) is 0 Å². The summed E-state index contributed by atoms with van der Waals surface area (Å²) < 4.78 is 36.3. The topological polar surface area (TPSA) is 12.0 Å². The van der Waals surface area contributed by atoms with Crippen molar-refractivity contribution < 1.29 is 13.2 Å². The molecule has 92 valence electrons. The Bertz CT molecular complexity index is 282. The summed E-state index contributed by atoms with van der Waals surface area (Å²) in [5.41, 5.74) is 0. The Morgan fingerprint density at radius 1 is 1.44 bits per heavy atom. The molecule has 0 saturated carbocycles. The van der Waals surface area contributed by atoms with Crippen LogP contribution in [-0.4, -0.2) is 18.8 Å². The molecule has 1 rings (SSSR count). The highest BCUT2D eigenvalue weighted by Crippen LogP contribution is 2.23. The normalized spacial score (nSPS) is 14.0. The number of hydrogen-bond donors (Lipinski definition) is 1. The second kappa shape index (κ2) is 6.25. The van der Waals surface area contributed by atoms with E-state index in [1.807, 2.05) is 24.4 Å². The van der Waals surface area contributed by atoms with Crippen molar-refractivity contribution in [1.29, 1.82) is 0 Å². The predicted molar refractivity (Wildman–Crippen MR) is 60.8 cm³/mol. The zero-order valence-electron chi connectivity index (χ0n) is 9.18. The maximum Gasteiger partial charge on any atom is 0.389 e. The third-order valence-corrected chi connectivity index (χ3v) is 3.20. The average Bonchev–Trinajstić information content (AvgIpc) is 2.66. The summed E-state index contributed by atoms with van der Waals surface area (Å²) in [6.07, 6.45) is -3.93. The van der Waals surface area contributed by atoms with Gasteiger partial charge in [-0.2, -0.15) is 13.2 Å². The molecule has 0 fully saturated rings. The van der Waals surface area contributed by atoms with Crippen molar-refractivity contribution in [3.8, 4) is 0 Å². The molecule has 0 bridgehead atoms. The molecule has 16 heavy (non-hydrogen) atoms. The molecule has 0 spiro atoms. The lowest BCUT2D eigenvalue weighted by molar-refractivity contribution is -0.136. The Morgan fingerprint density at radius 2 is 2.19 bits per heavy atom. The van der Waals surface area contributed by atoms with Gasteiger partial charge in [0, 0.05) is 17.3 Å². The van der Waals surface area contributed by atoms with Crippen LogP contribution in [0, 0.1) is 0 Å². The fourth-order valence-corrected chi connectivity index (χ4v) is 2.36. The highest BCUT2D eigenvalue weighted by Gasteiger charge is 2.28. The van der Waals surface area contributed by atoms with Crippen LogP contribution < -0.4 is 5.32 Å². The minimum Gasteiger partial charge on any atom is -0.314 e. The second-order valence-corrected chi connectivity index (χ2v) is 4.72. The summed E-state index contributed by atoms with van der Waals surface area (Å²) >= 11 is 1.59. The van der Waals surface area contributed by atoms with Crippen molar-refractivity contribution in [2.24, 2.45) is 0 Å². The molecule has 5 heteroatoms. The second-order valence-electron chi connectivity index (χ2n) is 3.69. The molecule has 0 amide bonds. The Kier molecular flexibility index (Phi) is 5.28. The van der Waals surface area contributed by atoms with Gasteiger partial charge in [-0.15, -0.1) is 11.3 Å². The molecule has 1 unspecified atom stereocenters. The number of rotatable bonds is 6. The fraction of sp³-hybridized carbons (Fsp3) is 0.636. The lowest BCUT2D eigenvalue weighted by Gasteiger charge is -2.17. The van der Waals surface area contributed by atoms with Gasteiger partial charge in [0.05, 0.1) is 0 Å². The number of nitrogens with one attached hydrogen (secondary N) is 1. The van der Waals surface area contributed by atoms with Crippen LogP contribution in [0.3, 0.4) is 0 Å². The molecular weight excluding hydrogens is 235 g/mol. The van der Waals surface area contributed by atoms with Crippen LogP contribution in [0.2, 0.25) is 0 Å². The van der Waals surface area contributed by atoms with E-state index in [-0.39, 0.29) is 12.5 Å². The van der Waals surface area contributed by atoms with E-state index in [4.69, 9.17) is 0 Å². The lowest BCUT2D eigenvalue weighted by Crippen LogP contribution is -2.32. The van der Waals surface area contributed by atoms with Gasteiger partial charge < -0.3 is 5.32 Å². The molecule has 1 nitrogen and oxygen atoms in total.